The lowest BCUT2D eigenvalue weighted by molar-refractivity contribution is 0.550. The standard InChI is InChI=1S/C16H16BrClIN/c1-2-20-15(10-11-6-8-12(19)9-7-11)13-4-3-5-14(17)16(13)18/h3-9,15,20H,2,10H2,1H3. The fourth-order valence-electron chi connectivity index (χ4n) is 2.18. The van der Waals surface area contributed by atoms with Gasteiger partial charge in [0.15, 0.2) is 0 Å². The van der Waals surface area contributed by atoms with Gasteiger partial charge in [0.25, 0.3) is 0 Å². The van der Waals surface area contributed by atoms with Crippen molar-refractivity contribution in [2.24, 2.45) is 0 Å². The maximum atomic E-state index is 6.43. The number of hydrogen-bond acceptors (Lipinski definition) is 1. The lowest BCUT2D eigenvalue weighted by Gasteiger charge is -2.20. The van der Waals surface area contributed by atoms with Crippen molar-refractivity contribution in [1.82, 2.24) is 5.32 Å². The first-order valence-corrected chi connectivity index (χ1v) is 8.78. The molecular weight excluding hydrogens is 448 g/mol. The Labute approximate surface area is 147 Å². The maximum absolute atomic E-state index is 6.43. The van der Waals surface area contributed by atoms with Crippen molar-refractivity contribution in [2.75, 3.05) is 6.54 Å². The fraction of sp³-hybridized carbons (Fsp3) is 0.250. The molecule has 0 aliphatic rings. The number of hydrogen-bond donors (Lipinski definition) is 1. The average molecular weight is 465 g/mol. The highest BCUT2D eigenvalue weighted by atomic mass is 127. The minimum Gasteiger partial charge on any atom is -0.310 e. The molecule has 1 unspecified atom stereocenters. The van der Waals surface area contributed by atoms with Gasteiger partial charge in [-0.25, -0.2) is 0 Å². The molecule has 4 heteroatoms. The van der Waals surface area contributed by atoms with E-state index in [-0.39, 0.29) is 6.04 Å². The van der Waals surface area contributed by atoms with Gasteiger partial charge in [-0.1, -0.05) is 42.8 Å². The van der Waals surface area contributed by atoms with Gasteiger partial charge in [0.2, 0.25) is 0 Å². The van der Waals surface area contributed by atoms with Crippen LogP contribution in [0.25, 0.3) is 0 Å². The summed E-state index contributed by atoms with van der Waals surface area (Å²) in [6.07, 6.45) is 0.931. The molecule has 2 rings (SSSR count). The summed E-state index contributed by atoms with van der Waals surface area (Å²) in [6, 6.07) is 15.0. The molecule has 1 nitrogen and oxygen atoms in total. The van der Waals surface area contributed by atoms with Crippen LogP contribution in [0.2, 0.25) is 5.02 Å². The van der Waals surface area contributed by atoms with E-state index in [0.717, 1.165) is 28.0 Å². The van der Waals surface area contributed by atoms with E-state index >= 15 is 0 Å². The summed E-state index contributed by atoms with van der Waals surface area (Å²) in [5.74, 6) is 0. The molecule has 0 saturated carbocycles. The Balaban J connectivity index is 2.26. The van der Waals surface area contributed by atoms with Gasteiger partial charge in [-0.3, -0.25) is 0 Å². The molecule has 0 aromatic heterocycles. The Morgan fingerprint density at radius 2 is 1.90 bits per heavy atom. The molecule has 0 radical (unpaired) electrons. The Morgan fingerprint density at radius 1 is 1.20 bits per heavy atom. The molecule has 1 N–H and O–H groups in total. The van der Waals surface area contributed by atoms with Crippen molar-refractivity contribution >= 4 is 50.1 Å². The van der Waals surface area contributed by atoms with E-state index in [2.05, 4.69) is 81.1 Å². The van der Waals surface area contributed by atoms with E-state index in [1.807, 2.05) is 12.1 Å². The van der Waals surface area contributed by atoms with Crippen LogP contribution in [0.1, 0.15) is 24.1 Å². The lowest BCUT2D eigenvalue weighted by Crippen LogP contribution is -2.23. The number of rotatable bonds is 5. The van der Waals surface area contributed by atoms with Crippen LogP contribution in [0.5, 0.6) is 0 Å². The van der Waals surface area contributed by atoms with Crippen molar-refractivity contribution in [3.05, 3.63) is 66.7 Å². The normalized spacial score (nSPS) is 12.4. The number of nitrogens with one attached hydrogen (secondary N) is 1. The first-order valence-electron chi connectivity index (χ1n) is 6.53. The Bertz CT molecular complexity index is 571. The first-order chi connectivity index (χ1) is 9.61. The van der Waals surface area contributed by atoms with E-state index in [1.54, 1.807) is 0 Å². The van der Waals surface area contributed by atoms with Crippen LogP contribution < -0.4 is 5.32 Å². The summed E-state index contributed by atoms with van der Waals surface area (Å²) < 4.78 is 2.20. The molecular formula is C16H16BrClIN. The molecule has 0 spiro atoms. The Morgan fingerprint density at radius 3 is 2.55 bits per heavy atom. The van der Waals surface area contributed by atoms with E-state index in [0.29, 0.717) is 0 Å². The SMILES string of the molecule is CCNC(Cc1ccc(I)cc1)c1cccc(Br)c1Cl. The quantitative estimate of drug-likeness (QED) is 0.568. The second-order valence-electron chi connectivity index (χ2n) is 4.58. The van der Waals surface area contributed by atoms with Gasteiger partial charge >= 0.3 is 0 Å². The van der Waals surface area contributed by atoms with Crippen molar-refractivity contribution in [2.45, 2.75) is 19.4 Å². The minimum atomic E-state index is 0.227. The summed E-state index contributed by atoms with van der Waals surface area (Å²) in [4.78, 5) is 0. The zero-order chi connectivity index (χ0) is 14.5. The highest BCUT2D eigenvalue weighted by Gasteiger charge is 2.15. The van der Waals surface area contributed by atoms with Crippen LogP contribution in [-0.4, -0.2) is 6.54 Å². The van der Waals surface area contributed by atoms with E-state index < -0.39 is 0 Å². The molecule has 20 heavy (non-hydrogen) atoms. The van der Waals surface area contributed by atoms with E-state index in [1.165, 1.54) is 9.13 Å². The van der Waals surface area contributed by atoms with Gasteiger partial charge in [-0.05, 0) is 80.8 Å². The first kappa shape index (κ1) is 16.3. The third-order valence-corrected chi connectivity index (χ3v) is 5.19. The molecule has 0 heterocycles. The number of benzene rings is 2. The molecule has 2 aromatic rings. The highest BCUT2D eigenvalue weighted by molar-refractivity contribution is 14.1. The third-order valence-electron chi connectivity index (χ3n) is 3.16. The Kier molecular flexibility index (Phi) is 6.33. The summed E-state index contributed by atoms with van der Waals surface area (Å²) in [5.41, 5.74) is 2.45. The van der Waals surface area contributed by atoms with Gasteiger partial charge < -0.3 is 5.32 Å². The van der Waals surface area contributed by atoms with Crippen LogP contribution in [0.15, 0.2) is 46.9 Å². The molecule has 0 bridgehead atoms. The van der Waals surface area contributed by atoms with Crippen molar-refractivity contribution < 1.29 is 0 Å². The van der Waals surface area contributed by atoms with E-state index in [9.17, 15) is 0 Å². The number of likely N-dealkylation sites (N-methyl/N-ethyl adjacent to an activating group) is 1. The lowest BCUT2D eigenvalue weighted by atomic mass is 9.99. The van der Waals surface area contributed by atoms with Gasteiger partial charge in [-0.2, -0.15) is 0 Å². The van der Waals surface area contributed by atoms with Crippen LogP contribution in [0.4, 0.5) is 0 Å². The highest BCUT2D eigenvalue weighted by Crippen LogP contribution is 2.31. The van der Waals surface area contributed by atoms with Crippen LogP contribution in [0.3, 0.4) is 0 Å². The largest absolute Gasteiger partial charge is 0.310 e. The molecule has 1 atom stereocenters. The van der Waals surface area contributed by atoms with Crippen LogP contribution in [-0.2, 0) is 6.42 Å². The van der Waals surface area contributed by atoms with Crippen LogP contribution >= 0.6 is 50.1 Å². The van der Waals surface area contributed by atoms with E-state index in [4.69, 9.17) is 11.6 Å². The second-order valence-corrected chi connectivity index (χ2v) is 7.06. The molecule has 0 aliphatic heterocycles. The zero-order valence-electron chi connectivity index (χ0n) is 11.2. The maximum Gasteiger partial charge on any atom is 0.0595 e. The predicted octanol–water partition coefficient (Wildman–Crippen LogP) is 5.60. The minimum absolute atomic E-state index is 0.227. The summed E-state index contributed by atoms with van der Waals surface area (Å²) in [6.45, 7) is 3.03. The third kappa shape index (κ3) is 4.20. The molecule has 0 aliphatic carbocycles. The second kappa shape index (κ2) is 7.78. The predicted molar refractivity (Wildman–Crippen MR) is 98.4 cm³/mol. The topological polar surface area (TPSA) is 12.0 Å². The van der Waals surface area contributed by atoms with Gasteiger partial charge in [-0.15, -0.1) is 0 Å². The Hall–Kier alpha value is -0.100. The van der Waals surface area contributed by atoms with Gasteiger partial charge in [0, 0.05) is 14.1 Å². The number of halogens is 3. The zero-order valence-corrected chi connectivity index (χ0v) is 15.7. The summed E-state index contributed by atoms with van der Waals surface area (Å²) in [5, 5.41) is 4.32. The van der Waals surface area contributed by atoms with Crippen molar-refractivity contribution in [3.8, 4) is 0 Å². The molecule has 0 fully saturated rings. The van der Waals surface area contributed by atoms with Crippen molar-refractivity contribution in [1.29, 1.82) is 0 Å². The average Bonchev–Trinajstić information content (AvgIpc) is 2.44. The summed E-state index contributed by atoms with van der Waals surface area (Å²) >= 11 is 12.3. The van der Waals surface area contributed by atoms with Gasteiger partial charge in [0.1, 0.15) is 0 Å². The molecule has 0 saturated heterocycles. The molecule has 106 valence electrons. The van der Waals surface area contributed by atoms with Crippen molar-refractivity contribution in [3.63, 3.8) is 0 Å². The fourth-order valence-corrected chi connectivity index (χ4v) is 3.18. The monoisotopic (exact) mass is 463 g/mol. The smallest absolute Gasteiger partial charge is 0.0595 e. The van der Waals surface area contributed by atoms with Crippen LogP contribution in [0, 0.1) is 3.57 Å². The van der Waals surface area contributed by atoms with Gasteiger partial charge in [0.05, 0.1) is 5.02 Å². The molecule has 2 aromatic carbocycles. The molecule has 0 amide bonds. The summed E-state index contributed by atoms with van der Waals surface area (Å²) in [7, 11) is 0.